The fourth-order valence-electron chi connectivity index (χ4n) is 2.68. The second-order valence-electron chi connectivity index (χ2n) is 5.62. The highest BCUT2D eigenvalue weighted by Gasteiger charge is 2.25. The summed E-state index contributed by atoms with van der Waals surface area (Å²) in [5.74, 6) is -0.209. The smallest absolute Gasteiger partial charge is 0.255 e. The zero-order valence-corrected chi connectivity index (χ0v) is 14.8. The number of amides is 2. The molecule has 5 nitrogen and oxygen atoms in total. The maximum atomic E-state index is 12.6. The number of nitrogens with zero attached hydrogens (tertiary/aromatic N) is 1. The third kappa shape index (κ3) is 5.09. The van der Waals surface area contributed by atoms with Crippen LogP contribution in [-0.4, -0.2) is 35.8 Å². The van der Waals surface area contributed by atoms with Gasteiger partial charge in [-0.25, -0.2) is 0 Å². The van der Waals surface area contributed by atoms with Crippen LogP contribution in [0.5, 0.6) is 0 Å². The van der Waals surface area contributed by atoms with Crippen molar-refractivity contribution >= 4 is 41.5 Å². The first kappa shape index (κ1) is 19.7. The first-order valence-corrected chi connectivity index (χ1v) is 8.01. The van der Waals surface area contributed by atoms with Crippen LogP contribution in [-0.2, 0) is 4.79 Å². The molecule has 1 aromatic carbocycles. The Bertz CT molecular complexity index is 566. The average molecular weight is 360 g/mol. The summed E-state index contributed by atoms with van der Waals surface area (Å²) in [6.45, 7) is 3.13. The Kier molecular flexibility index (Phi) is 7.82. The molecular formula is C16H23Cl2N3O2. The van der Waals surface area contributed by atoms with Gasteiger partial charge in [-0.1, -0.05) is 11.6 Å². The molecule has 2 rings (SSSR count). The predicted molar refractivity (Wildman–Crippen MR) is 95.4 cm³/mol. The van der Waals surface area contributed by atoms with Crippen molar-refractivity contribution in [1.82, 2.24) is 4.90 Å². The van der Waals surface area contributed by atoms with Crippen molar-refractivity contribution in [3.63, 3.8) is 0 Å². The summed E-state index contributed by atoms with van der Waals surface area (Å²) in [7, 11) is 0. The van der Waals surface area contributed by atoms with Gasteiger partial charge in [0.05, 0.1) is 10.6 Å². The van der Waals surface area contributed by atoms with E-state index >= 15 is 0 Å². The lowest BCUT2D eigenvalue weighted by Crippen LogP contribution is -2.42. The van der Waals surface area contributed by atoms with Gasteiger partial charge in [-0.3, -0.25) is 9.59 Å². The van der Waals surface area contributed by atoms with E-state index in [1.807, 2.05) is 4.90 Å². The Morgan fingerprint density at radius 2 is 2.13 bits per heavy atom. The molecule has 2 amide bonds. The zero-order valence-electron chi connectivity index (χ0n) is 13.2. The summed E-state index contributed by atoms with van der Waals surface area (Å²) in [5, 5.41) is 3.06. The van der Waals surface area contributed by atoms with Crippen LogP contribution in [0.2, 0.25) is 5.02 Å². The Morgan fingerprint density at radius 3 is 2.74 bits per heavy atom. The minimum absolute atomic E-state index is 0. The summed E-state index contributed by atoms with van der Waals surface area (Å²) in [4.78, 5) is 26.0. The number of halogens is 2. The molecule has 1 aliphatic rings. The third-order valence-corrected chi connectivity index (χ3v) is 4.23. The molecule has 0 spiro atoms. The molecule has 1 aromatic rings. The fraction of sp³-hybridized carbons (Fsp3) is 0.500. The van der Waals surface area contributed by atoms with Gasteiger partial charge >= 0.3 is 0 Å². The van der Waals surface area contributed by atoms with E-state index < -0.39 is 0 Å². The molecule has 1 heterocycles. The Balaban J connectivity index is 0.00000264. The van der Waals surface area contributed by atoms with Crippen LogP contribution < -0.4 is 11.1 Å². The number of nitrogens with one attached hydrogen (secondary N) is 1. The van der Waals surface area contributed by atoms with E-state index in [1.165, 1.54) is 0 Å². The summed E-state index contributed by atoms with van der Waals surface area (Å²) in [5.41, 5.74) is 6.39. The average Bonchev–Trinajstić information content (AvgIpc) is 2.47. The third-order valence-electron chi connectivity index (χ3n) is 3.92. The maximum Gasteiger partial charge on any atom is 0.255 e. The predicted octanol–water partition coefficient (Wildman–Crippen LogP) is 3.06. The lowest BCUT2D eigenvalue weighted by Gasteiger charge is -2.33. The Hall–Kier alpha value is -1.30. The van der Waals surface area contributed by atoms with Crippen LogP contribution in [0.15, 0.2) is 18.2 Å². The highest BCUT2D eigenvalue weighted by atomic mass is 35.5. The summed E-state index contributed by atoms with van der Waals surface area (Å²) < 4.78 is 0. The largest absolute Gasteiger partial charge is 0.336 e. The van der Waals surface area contributed by atoms with Gasteiger partial charge in [0, 0.05) is 31.2 Å². The highest BCUT2D eigenvalue weighted by molar-refractivity contribution is 6.34. The van der Waals surface area contributed by atoms with Crippen LogP contribution in [0, 0.1) is 0 Å². The van der Waals surface area contributed by atoms with Crippen molar-refractivity contribution in [2.24, 2.45) is 5.73 Å². The van der Waals surface area contributed by atoms with Crippen LogP contribution in [0.4, 0.5) is 5.69 Å². The molecule has 0 aromatic heterocycles. The number of anilines is 1. The minimum Gasteiger partial charge on any atom is -0.336 e. The molecule has 1 atom stereocenters. The molecule has 0 bridgehead atoms. The summed E-state index contributed by atoms with van der Waals surface area (Å²) >= 11 is 6.23. The number of hydrogen-bond donors (Lipinski definition) is 2. The molecule has 1 fully saturated rings. The van der Waals surface area contributed by atoms with Crippen molar-refractivity contribution in [3.8, 4) is 0 Å². The van der Waals surface area contributed by atoms with Gasteiger partial charge in [-0.2, -0.15) is 0 Å². The number of benzene rings is 1. The van der Waals surface area contributed by atoms with Crippen LogP contribution in [0.3, 0.4) is 0 Å². The van der Waals surface area contributed by atoms with E-state index in [0.717, 1.165) is 25.8 Å². The monoisotopic (exact) mass is 359 g/mol. The van der Waals surface area contributed by atoms with Gasteiger partial charge in [0.15, 0.2) is 0 Å². The number of hydrogen-bond acceptors (Lipinski definition) is 3. The van der Waals surface area contributed by atoms with Gasteiger partial charge in [0.25, 0.3) is 5.91 Å². The normalized spacial score (nSPS) is 17.3. The molecule has 1 aliphatic heterocycles. The topological polar surface area (TPSA) is 75.4 Å². The molecule has 3 N–H and O–H groups in total. The quantitative estimate of drug-likeness (QED) is 0.867. The van der Waals surface area contributed by atoms with Gasteiger partial charge in [0.2, 0.25) is 5.91 Å². The van der Waals surface area contributed by atoms with Crippen molar-refractivity contribution in [3.05, 3.63) is 28.8 Å². The summed E-state index contributed by atoms with van der Waals surface area (Å²) in [6.07, 6.45) is 3.46. The second kappa shape index (κ2) is 9.11. The fourth-order valence-corrected chi connectivity index (χ4v) is 2.94. The van der Waals surface area contributed by atoms with E-state index in [1.54, 1.807) is 18.2 Å². The molecular weight excluding hydrogens is 337 g/mol. The second-order valence-corrected chi connectivity index (χ2v) is 6.03. The molecule has 1 unspecified atom stereocenters. The molecule has 0 radical (unpaired) electrons. The number of rotatable bonds is 4. The number of piperidine rings is 1. The molecule has 23 heavy (non-hydrogen) atoms. The minimum atomic E-state index is -0.165. The molecule has 7 heteroatoms. The molecule has 1 saturated heterocycles. The zero-order chi connectivity index (χ0) is 16.1. The van der Waals surface area contributed by atoms with Crippen LogP contribution in [0.25, 0.3) is 0 Å². The van der Waals surface area contributed by atoms with Gasteiger partial charge < -0.3 is 16.0 Å². The van der Waals surface area contributed by atoms with E-state index in [9.17, 15) is 9.59 Å². The number of carbonyl (C=O) groups is 2. The number of likely N-dealkylation sites (tertiary alicyclic amines) is 1. The van der Waals surface area contributed by atoms with Gasteiger partial charge in [-0.15, -0.1) is 12.4 Å². The van der Waals surface area contributed by atoms with E-state index in [0.29, 0.717) is 22.8 Å². The Labute approximate surface area is 148 Å². The maximum absolute atomic E-state index is 12.6. The van der Waals surface area contributed by atoms with E-state index in [-0.39, 0.29) is 36.7 Å². The molecule has 128 valence electrons. The first-order valence-electron chi connectivity index (χ1n) is 7.63. The lowest BCUT2D eigenvalue weighted by atomic mass is 10.0. The molecule has 0 aliphatic carbocycles. The molecule has 0 saturated carbocycles. The summed E-state index contributed by atoms with van der Waals surface area (Å²) in [6, 6.07) is 5.21. The van der Waals surface area contributed by atoms with Crippen LogP contribution >= 0.6 is 24.0 Å². The van der Waals surface area contributed by atoms with E-state index in [4.69, 9.17) is 17.3 Å². The SMILES string of the molecule is CC1CCCCN1C(=O)c1ccc(NC(=O)CCN)cc1Cl.Cl. The van der Waals surface area contributed by atoms with Crippen molar-refractivity contribution in [1.29, 1.82) is 0 Å². The van der Waals surface area contributed by atoms with E-state index in [2.05, 4.69) is 12.2 Å². The number of nitrogens with two attached hydrogens (primary N) is 1. The lowest BCUT2D eigenvalue weighted by molar-refractivity contribution is -0.116. The number of carbonyl (C=O) groups excluding carboxylic acids is 2. The van der Waals surface area contributed by atoms with Crippen molar-refractivity contribution in [2.45, 2.75) is 38.6 Å². The Morgan fingerprint density at radius 1 is 1.39 bits per heavy atom. The standard InChI is InChI=1S/C16H22ClN3O2.ClH/c1-11-4-2-3-9-20(11)16(22)13-6-5-12(10-14(13)17)19-15(21)7-8-18;/h5-6,10-11H,2-4,7-9,18H2,1H3,(H,19,21);1H. The first-order chi connectivity index (χ1) is 10.5. The van der Waals surface area contributed by atoms with Gasteiger partial charge in [0.1, 0.15) is 0 Å². The van der Waals surface area contributed by atoms with Gasteiger partial charge in [-0.05, 0) is 44.4 Å². The van der Waals surface area contributed by atoms with Crippen molar-refractivity contribution < 1.29 is 9.59 Å². The van der Waals surface area contributed by atoms with Crippen LogP contribution in [0.1, 0.15) is 43.0 Å². The highest BCUT2D eigenvalue weighted by Crippen LogP contribution is 2.25. The van der Waals surface area contributed by atoms with Crippen molar-refractivity contribution in [2.75, 3.05) is 18.4 Å².